The molecule has 0 bridgehead atoms. The molecule has 0 aromatic heterocycles. The average molecular weight is 196 g/mol. The minimum absolute atomic E-state index is 0.184. The van der Waals surface area contributed by atoms with E-state index in [1.54, 1.807) is 0 Å². The molecule has 2 aliphatic carbocycles. The first-order valence-electron chi connectivity index (χ1n) is 5.88. The zero-order valence-electron chi connectivity index (χ0n) is 8.96. The number of rotatable bonds is 5. The van der Waals surface area contributed by atoms with E-state index < -0.39 is 0 Å². The highest BCUT2D eigenvalue weighted by atomic mass is 16.2. The number of nitrogens with one attached hydrogen (secondary N) is 1. The third-order valence-electron chi connectivity index (χ3n) is 2.91. The predicted octanol–water partition coefficient (Wildman–Crippen LogP) is 2.12. The summed E-state index contributed by atoms with van der Waals surface area (Å²) in [6, 6.07) is 1.23. The molecule has 2 rings (SSSR count). The van der Waals surface area contributed by atoms with Crippen LogP contribution in [0.4, 0.5) is 4.79 Å². The Balaban J connectivity index is 1.77. The van der Waals surface area contributed by atoms with Gasteiger partial charge in [0.05, 0.1) is 0 Å². The van der Waals surface area contributed by atoms with Gasteiger partial charge in [-0.3, -0.25) is 0 Å². The minimum Gasteiger partial charge on any atom is -0.335 e. The fourth-order valence-electron chi connectivity index (χ4n) is 1.65. The van der Waals surface area contributed by atoms with E-state index in [0.29, 0.717) is 12.1 Å². The summed E-state index contributed by atoms with van der Waals surface area (Å²) < 4.78 is 0. The van der Waals surface area contributed by atoms with E-state index in [2.05, 4.69) is 12.2 Å². The van der Waals surface area contributed by atoms with Crippen LogP contribution in [0.2, 0.25) is 0 Å². The van der Waals surface area contributed by atoms with E-state index in [-0.39, 0.29) is 6.03 Å². The number of carbonyl (C=O) groups excluding carboxylic acids is 1. The Bertz CT molecular complexity index is 209. The van der Waals surface area contributed by atoms with Crippen LogP contribution in [-0.4, -0.2) is 29.6 Å². The monoisotopic (exact) mass is 196 g/mol. The Morgan fingerprint density at radius 1 is 1.36 bits per heavy atom. The first-order chi connectivity index (χ1) is 6.81. The van der Waals surface area contributed by atoms with Crippen molar-refractivity contribution in [2.45, 2.75) is 57.5 Å². The maximum atomic E-state index is 11.8. The largest absolute Gasteiger partial charge is 0.335 e. The quantitative estimate of drug-likeness (QED) is 0.717. The Hall–Kier alpha value is -0.730. The molecule has 0 radical (unpaired) electrons. The molecule has 1 N–H and O–H groups in total. The molecule has 2 saturated carbocycles. The lowest BCUT2D eigenvalue weighted by Gasteiger charge is -2.22. The summed E-state index contributed by atoms with van der Waals surface area (Å²) in [6.45, 7) is 3.11. The van der Waals surface area contributed by atoms with Crippen LogP contribution in [0.25, 0.3) is 0 Å². The maximum absolute atomic E-state index is 11.8. The van der Waals surface area contributed by atoms with E-state index in [0.717, 1.165) is 13.0 Å². The van der Waals surface area contributed by atoms with Crippen LogP contribution in [0.1, 0.15) is 45.4 Å². The highest BCUT2D eigenvalue weighted by Crippen LogP contribution is 2.28. The summed E-state index contributed by atoms with van der Waals surface area (Å²) in [7, 11) is 0. The second kappa shape index (κ2) is 4.20. The van der Waals surface area contributed by atoms with Gasteiger partial charge in [0.1, 0.15) is 0 Å². The Morgan fingerprint density at radius 2 is 2.07 bits per heavy atom. The lowest BCUT2D eigenvalue weighted by molar-refractivity contribution is 0.193. The standard InChI is InChI=1S/C11H20N2O/c1-2-3-8-13(10-6-7-10)11(14)12-9-4-5-9/h9-10H,2-8H2,1H3,(H,12,14). The van der Waals surface area contributed by atoms with Crippen molar-refractivity contribution in [1.82, 2.24) is 10.2 Å². The summed E-state index contributed by atoms with van der Waals surface area (Å²) >= 11 is 0. The van der Waals surface area contributed by atoms with Crippen molar-refractivity contribution in [3.8, 4) is 0 Å². The molecule has 0 heterocycles. The van der Waals surface area contributed by atoms with Crippen molar-refractivity contribution in [3.05, 3.63) is 0 Å². The average Bonchev–Trinajstić information content (AvgIpc) is 2.98. The summed E-state index contributed by atoms with van der Waals surface area (Å²) in [4.78, 5) is 13.8. The van der Waals surface area contributed by atoms with Crippen LogP contribution in [-0.2, 0) is 0 Å². The van der Waals surface area contributed by atoms with Gasteiger partial charge in [0.2, 0.25) is 0 Å². The Labute approximate surface area is 85.8 Å². The normalized spacial score (nSPS) is 20.6. The molecular weight excluding hydrogens is 176 g/mol. The molecule has 0 aliphatic heterocycles. The molecule has 80 valence electrons. The number of urea groups is 1. The minimum atomic E-state index is 0.184. The van der Waals surface area contributed by atoms with Gasteiger partial charge in [-0.15, -0.1) is 0 Å². The van der Waals surface area contributed by atoms with Gasteiger partial charge in [0.25, 0.3) is 0 Å². The third-order valence-corrected chi connectivity index (χ3v) is 2.91. The first-order valence-corrected chi connectivity index (χ1v) is 5.88. The summed E-state index contributed by atoms with van der Waals surface area (Å²) in [6.07, 6.45) is 7.08. The van der Waals surface area contributed by atoms with E-state index in [4.69, 9.17) is 0 Å². The van der Waals surface area contributed by atoms with Crippen LogP contribution < -0.4 is 5.32 Å². The second-order valence-corrected chi connectivity index (χ2v) is 4.50. The molecule has 0 unspecified atom stereocenters. The summed E-state index contributed by atoms with van der Waals surface area (Å²) in [5.74, 6) is 0. The van der Waals surface area contributed by atoms with Gasteiger partial charge in [-0.25, -0.2) is 4.79 Å². The van der Waals surface area contributed by atoms with Gasteiger partial charge in [-0.05, 0) is 32.1 Å². The number of hydrogen-bond donors (Lipinski definition) is 1. The van der Waals surface area contributed by atoms with Gasteiger partial charge in [0, 0.05) is 18.6 Å². The summed E-state index contributed by atoms with van der Waals surface area (Å²) in [5.41, 5.74) is 0. The summed E-state index contributed by atoms with van der Waals surface area (Å²) in [5, 5.41) is 3.07. The van der Waals surface area contributed by atoms with Crippen molar-refractivity contribution < 1.29 is 4.79 Å². The predicted molar refractivity (Wildman–Crippen MR) is 56.2 cm³/mol. The van der Waals surface area contributed by atoms with Crippen molar-refractivity contribution in [3.63, 3.8) is 0 Å². The van der Waals surface area contributed by atoms with Crippen LogP contribution in [0.3, 0.4) is 0 Å². The van der Waals surface area contributed by atoms with Crippen LogP contribution in [0.5, 0.6) is 0 Å². The van der Waals surface area contributed by atoms with Gasteiger partial charge < -0.3 is 10.2 Å². The van der Waals surface area contributed by atoms with Gasteiger partial charge in [-0.1, -0.05) is 13.3 Å². The first kappa shape index (κ1) is 9.81. The van der Waals surface area contributed by atoms with Gasteiger partial charge >= 0.3 is 6.03 Å². The Kier molecular flexibility index (Phi) is 2.94. The van der Waals surface area contributed by atoms with Crippen molar-refractivity contribution in [1.29, 1.82) is 0 Å². The highest BCUT2D eigenvalue weighted by Gasteiger charge is 2.34. The number of hydrogen-bond acceptors (Lipinski definition) is 1. The number of nitrogens with zero attached hydrogens (tertiary/aromatic N) is 1. The molecule has 3 heteroatoms. The van der Waals surface area contributed by atoms with E-state index in [9.17, 15) is 4.79 Å². The molecule has 0 aromatic carbocycles. The van der Waals surface area contributed by atoms with Crippen LogP contribution in [0.15, 0.2) is 0 Å². The molecule has 2 fully saturated rings. The second-order valence-electron chi connectivity index (χ2n) is 4.50. The maximum Gasteiger partial charge on any atom is 0.317 e. The van der Waals surface area contributed by atoms with Crippen LogP contribution >= 0.6 is 0 Å². The molecule has 0 spiro atoms. The highest BCUT2D eigenvalue weighted by molar-refractivity contribution is 5.75. The van der Waals surface area contributed by atoms with Crippen molar-refractivity contribution >= 4 is 6.03 Å². The van der Waals surface area contributed by atoms with E-state index >= 15 is 0 Å². The van der Waals surface area contributed by atoms with E-state index in [1.165, 1.54) is 32.1 Å². The fraction of sp³-hybridized carbons (Fsp3) is 0.909. The van der Waals surface area contributed by atoms with Gasteiger partial charge in [-0.2, -0.15) is 0 Å². The molecule has 2 aliphatic rings. The third kappa shape index (κ3) is 2.63. The molecule has 0 aromatic rings. The van der Waals surface area contributed by atoms with Crippen LogP contribution in [0, 0.1) is 0 Å². The molecule has 0 atom stereocenters. The number of carbonyl (C=O) groups is 1. The lowest BCUT2D eigenvalue weighted by atomic mass is 10.3. The fourth-order valence-corrected chi connectivity index (χ4v) is 1.65. The SMILES string of the molecule is CCCCN(C(=O)NC1CC1)C1CC1. The van der Waals surface area contributed by atoms with Crippen molar-refractivity contribution in [2.75, 3.05) is 6.54 Å². The number of amides is 2. The van der Waals surface area contributed by atoms with Gasteiger partial charge in [0.15, 0.2) is 0 Å². The molecule has 3 nitrogen and oxygen atoms in total. The zero-order chi connectivity index (χ0) is 9.97. The molecule has 14 heavy (non-hydrogen) atoms. The topological polar surface area (TPSA) is 32.3 Å². The zero-order valence-corrected chi connectivity index (χ0v) is 8.96. The van der Waals surface area contributed by atoms with Crippen molar-refractivity contribution in [2.24, 2.45) is 0 Å². The lowest BCUT2D eigenvalue weighted by Crippen LogP contribution is -2.42. The molecular formula is C11H20N2O. The Morgan fingerprint density at radius 3 is 2.57 bits per heavy atom. The number of unbranched alkanes of at least 4 members (excludes halogenated alkanes) is 1. The molecule has 2 amide bonds. The smallest absolute Gasteiger partial charge is 0.317 e. The van der Waals surface area contributed by atoms with E-state index in [1.807, 2.05) is 4.90 Å². The molecule has 0 saturated heterocycles.